The number of thiazole rings is 1. The number of nitrogens with zero attached hydrogens (tertiary/aromatic N) is 1. The lowest BCUT2D eigenvalue weighted by atomic mass is 9.83. The Kier molecular flexibility index (Phi) is 8.42. The third-order valence-corrected chi connectivity index (χ3v) is 10.00. The van der Waals surface area contributed by atoms with Gasteiger partial charge in [-0.3, -0.25) is 19.2 Å². The maximum Gasteiger partial charge on any atom is 0.418 e. The van der Waals surface area contributed by atoms with Gasteiger partial charge in [0.2, 0.25) is 11.8 Å². The molecule has 1 fully saturated rings. The number of carbonyl (C=O) groups excluding carboxylic acids is 3. The highest BCUT2D eigenvalue weighted by molar-refractivity contribution is 8.00. The summed E-state index contributed by atoms with van der Waals surface area (Å²) < 4.78 is 53.4. The van der Waals surface area contributed by atoms with Crippen molar-refractivity contribution in [2.24, 2.45) is 5.92 Å². The summed E-state index contributed by atoms with van der Waals surface area (Å²) in [6, 6.07) is 16.5. The maximum atomic E-state index is 14.0. The molecular formula is C32H26F3N3O6S2. The Balaban J connectivity index is 1.33. The van der Waals surface area contributed by atoms with Crippen molar-refractivity contribution in [1.29, 1.82) is 0 Å². The van der Waals surface area contributed by atoms with Gasteiger partial charge in [-0.15, -0.1) is 0 Å². The molecule has 0 saturated carbocycles. The van der Waals surface area contributed by atoms with E-state index in [1.165, 1.54) is 12.1 Å². The van der Waals surface area contributed by atoms with Crippen LogP contribution in [0.4, 0.5) is 24.5 Å². The zero-order valence-corrected chi connectivity index (χ0v) is 26.0. The number of aromatic amines is 1. The van der Waals surface area contributed by atoms with Crippen LogP contribution in [0.5, 0.6) is 11.5 Å². The molecule has 238 valence electrons. The number of nitrogens with one attached hydrogen (secondary N) is 2. The lowest BCUT2D eigenvalue weighted by molar-refractivity contribution is -0.137. The molecule has 3 atom stereocenters. The second-order valence-corrected chi connectivity index (χ2v) is 12.8. The van der Waals surface area contributed by atoms with Crippen LogP contribution in [0.1, 0.15) is 34.4 Å². The van der Waals surface area contributed by atoms with Gasteiger partial charge in [-0.1, -0.05) is 59.0 Å². The number of benzene rings is 3. The smallest absolute Gasteiger partial charge is 0.418 e. The number of imide groups is 1. The number of fused-ring (bicyclic) bond motifs is 2. The summed E-state index contributed by atoms with van der Waals surface area (Å²) in [7, 11) is 0. The van der Waals surface area contributed by atoms with E-state index in [0.717, 1.165) is 40.8 Å². The number of hydrogen-bond donors (Lipinski definition) is 2. The van der Waals surface area contributed by atoms with Crippen LogP contribution in [0, 0.1) is 12.8 Å². The first-order valence-electron chi connectivity index (χ1n) is 14.2. The van der Waals surface area contributed by atoms with Gasteiger partial charge in [-0.05, 0) is 55.8 Å². The van der Waals surface area contributed by atoms with E-state index in [0.29, 0.717) is 26.1 Å². The number of para-hydroxylation sites is 1. The van der Waals surface area contributed by atoms with Crippen molar-refractivity contribution in [3.8, 4) is 11.5 Å². The minimum Gasteiger partial charge on any atom is -0.490 e. The molecule has 2 N–H and O–H groups in total. The molecule has 1 saturated heterocycles. The number of carbonyl (C=O) groups is 3. The number of aromatic nitrogens is 1. The summed E-state index contributed by atoms with van der Waals surface area (Å²) in [5, 5.41) is 2.03. The Hall–Kier alpha value is -4.56. The Bertz CT molecular complexity index is 1890. The highest BCUT2D eigenvalue weighted by Gasteiger charge is 2.57. The number of aryl methyl sites for hydroxylation is 1. The largest absolute Gasteiger partial charge is 0.490 e. The van der Waals surface area contributed by atoms with Crippen LogP contribution in [0.15, 0.2) is 76.6 Å². The first-order valence-corrected chi connectivity index (χ1v) is 15.9. The molecule has 0 aliphatic carbocycles. The Morgan fingerprint density at radius 3 is 2.43 bits per heavy atom. The quantitative estimate of drug-likeness (QED) is 0.222. The molecule has 0 spiro atoms. The minimum atomic E-state index is -4.81. The Labute approximate surface area is 268 Å². The summed E-state index contributed by atoms with van der Waals surface area (Å²) in [5.74, 6) is -3.49. The van der Waals surface area contributed by atoms with E-state index in [1.807, 2.05) is 19.1 Å². The molecule has 3 heterocycles. The lowest BCUT2D eigenvalue weighted by Gasteiger charge is -2.30. The van der Waals surface area contributed by atoms with Crippen LogP contribution in [0.25, 0.3) is 0 Å². The average molecular weight is 670 g/mol. The molecule has 4 aromatic rings. The van der Waals surface area contributed by atoms with Crippen LogP contribution >= 0.6 is 23.1 Å². The summed E-state index contributed by atoms with van der Waals surface area (Å²) in [5.41, 5.74) is 0.483. The summed E-state index contributed by atoms with van der Waals surface area (Å²) >= 11 is 1.83. The van der Waals surface area contributed by atoms with Gasteiger partial charge in [0.1, 0.15) is 5.25 Å². The topological polar surface area (TPSA) is 118 Å². The zero-order valence-electron chi connectivity index (χ0n) is 24.3. The van der Waals surface area contributed by atoms with Gasteiger partial charge in [0.05, 0.1) is 28.8 Å². The molecule has 3 amide bonds. The molecule has 46 heavy (non-hydrogen) atoms. The van der Waals surface area contributed by atoms with E-state index in [9.17, 15) is 32.3 Å². The highest BCUT2D eigenvalue weighted by Crippen LogP contribution is 2.54. The normalized spacial score (nSPS) is 19.1. The van der Waals surface area contributed by atoms with Gasteiger partial charge < -0.3 is 19.8 Å². The Morgan fingerprint density at radius 2 is 1.72 bits per heavy atom. The van der Waals surface area contributed by atoms with Gasteiger partial charge >= 0.3 is 11.0 Å². The molecule has 14 heteroatoms. The molecular weight excluding hydrogens is 643 g/mol. The number of hydrogen-bond acceptors (Lipinski definition) is 8. The minimum absolute atomic E-state index is 0.226. The SMILES string of the molecule is CCOc1cc(C2c3sc(=O)[nH]c3SC3C(=O)N(c4ccccc4C(F)(F)F)C(=O)C32)ccc1OCC(=O)Nc1ccc(C)cc1. The predicted octanol–water partition coefficient (Wildman–Crippen LogP) is 5.98. The third-order valence-electron chi connectivity index (χ3n) is 7.60. The number of rotatable bonds is 8. The van der Waals surface area contributed by atoms with Crippen LogP contribution in [0.2, 0.25) is 0 Å². The van der Waals surface area contributed by atoms with Crippen molar-refractivity contribution in [2.75, 3.05) is 23.4 Å². The first-order chi connectivity index (χ1) is 22.0. The molecule has 2 aliphatic rings. The van der Waals surface area contributed by atoms with Crippen molar-refractivity contribution in [3.05, 3.63) is 98.0 Å². The van der Waals surface area contributed by atoms with Crippen LogP contribution in [-0.4, -0.2) is 41.2 Å². The molecule has 1 aromatic heterocycles. The number of ether oxygens (including phenoxy) is 2. The second-order valence-electron chi connectivity index (χ2n) is 10.6. The number of halogens is 3. The molecule has 6 rings (SSSR count). The molecule has 9 nitrogen and oxygen atoms in total. The van der Waals surface area contributed by atoms with Crippen molar-refractivity contribution < 1.29 is 37.0 Å². The summed E-state index contributed by atoms with van der Waals surface area (Å²) in [6.45, 7) is 3.58. The van der Waals surface area contributed by atoms with Crippen molar-refractivity contribution in [3.63, 3.8) is 0 Å². The van der Waals surface area contributed by atoms with Crippen LogP contribution in [-0.2, 0) is 20.6 Å². The number of amides is 3. The monoisotopic (exact) mass is 669 g/mol. The van der Waals surface area contributed by atoms with Crippen molar-refractivity contribution in [2.45, 2.75) is 36.2 Å². The summed E-state index contributed by atoms with van der Waals surface area (Å²) in [6.07, 6.45) is -4.81. The Morgan fingerprint density at radius 1 is 0.978 bits per heavy atom. The van der Waals surface area contributed by atoms with Gasteiger partial charge in [0.15, 0.2) is 18.1 Å². The van der Waals surface area contributed by atoms with E-state index >= 15 is 0 Å². The maximum absolute atomic E-state index is 14.0. The average Bonchev–Trinajstić information content (AvgIpc) is 3.51. The standard InChI is InChI=1S/C32H26F3N3O6S2/c1-3-43-22-14-17(10-13-21(22)44-15-23(39)36-18-11-8-16(2)9-12-18)24-25-27(45-28-26(24)46-31(42)37-28)30(41)38(29(25)40)20-7-5-4-6-19(20)32(33,34)35/h4-14,24-25,27H,3,15H2,1-2H3,(H,36,39)(H,37,42). The van der Waals surface area contributed by atoms with Gasteiger partial charge in [0.25, 0.3) is 5.91 Å². The molecule has 3 unspecified atom stereocenters. The predicted molar refractivity (Wildman–Crippen MR) is 167 cm³/mol. The first kappa shape index (κ1) is 31.4. The third kappa shape index (κ3) is 5.89. The van der Waals surface area contributed by atoms with E-state index < -0.39 is 57.1 Å². The van der Waals surface area contributed by atoms with Gasteiger partial charge in [-0.25, -0.2) is 4.90 Å². The number of alkyl halides is 3. The van der Waals surface area contributed by atoms with Crippen molar-refractivity contribution >= 4 is 52.2 Å². The lowest BCUT2D eigenvalue weighted by Crippen LogP contribution is -2.33. The van der Waals surface area contributed by atoms with Crippen molar-refractivity contribution in [1.82, 2.24) is 4.98 Å². The highest BCUT2D eigenvalue weighted by atomic mass is 32.2. The fourth-order valence-corrected chi connectivity index (χ4v) is 8.12. The van der Waals surface area contributed by atoms with E-state index in [1.54, 1.807) is 37.3 Å². The fourth-order valence-electron chi connectivity index (χ4n) is 5.60. The molecule has 0 bridgehead atoms. The van der Waals surface area contributed by atoms with Crippen LogP contribution in [0.3, 0.4) is 0 Å². The van der Waals surface area contributed by atoms with Gasteiger partial charge in [0, 0.05) is 16.5 Å². The summed E-state index contributed by atoms with van der Waals surface area (Å²) in [4.78, 5) is 56.1. The van der Waals surface area contributed by atoms with Gasteiger partial charge in [-0.2, -0.15) is 13.2 Å². The van der Waals surface area contributed by atoms with Crippen LogP contribution < -0.4 is 24.6 Å². The molecule has 0 radical (unpaired) electrons. The second kappa shape index (κ2) is 12.3. The van der Waals surface area contributed by atoms with E-state index in [4.69, 9.17) is 9.47 Å². The molecule has 2 aliphatic heterocycles. The van der Waals surface area contributed by atoms with E-state index in [2.05, 4.69) is 10.3 Å². The fraction of sp³-hybridized carbons (Fsp3) is 0.250. The van der Waals surface area contributed by atoms with E-state index in [-0.39, 0.29) is 24.7 Å². The number of H-pyrrole nitrogens is 1. The molecule has 3 aromatic carbocycles. The number of anilines is 2. The number of thioether (sulfide) groups is 1. The zero-order chi connectivity index (χ0) is 32.7.